The highest BCUT2D eigenvalue weighted by Crippen LogP contribution is 2.41. The zero-order chi connectivity index (χ0) is 16.4. The predicted octanol–water partition coefficient (Wildman–Crippen LogP) is 2.48. The first-order valence-electron chi connectivity index (χ1n) is 8.27. The first-order valence-corrected chi connectivity index (χ1v) is 8.27. The maximum Gasteiger partial charge on any atom is 0.228 e. The monoisotopic (exact) mass is 314 g/mol. The van der Waals surface area contributed by atoms with E-state index in [2.05, 4.69) is 5.32 Å². The standard InChI is InChI=1S/C18H22N2O3/c1-12(21)13-6-5-7-14(10-13)19-17(22)15-11-16(15)18(23)20-8-3-2-4-9-20/h5-7,10,15-16H,2-4,8-9,11H2,1H3,(H,19,22). The van der Waals surface area contributed by atoms with Crippen molar-refractivity contribution in [3.05, 3.63) is 29.8 Å². The molecule has 1 aliphatic heterocycles. The first kappa shape index (κ1) is 15.7. The molecule has 5 heteroatoms. The second-order valence-corrected chi connectivity index (χ2v) is 6.46. The highest BCUT2D eigenvalue weighted by Gasteiger charge is 2.49. The molecule has 2 aliphatic rings. The van der Waals surface area contributed by atoms with Gasteiger partial charge in [-0.2, -0.15) is 0 Å². The molecule has 1 aromatic carbocycles. The van der Waals surface area contributed by atoms with Gasteiger partial charge in [0.15, 0.2) is 5.78 Å². The number of benzene rings is 1. The third kappa shape index (κ3) is 3.60. The molecule has 2 unspecified atom stereocenters. The molecular formula is C18H22N2O3. The van der Waals surface area contributed by atoms with Crippen molar-refractivity contribution in [2.24, 2.45) is 11.8 Å². The van der Waals surface area contributed by atoms with Crippen LogP contribution in [-0.2, 0) is 9.59 Å². The van der Waals surface area contributed by atoms with Crippen molar-refractivity contribution in [1.29, 1.82) is 0 Å². The molecule has 23 heavy (non-hydrogen) atoms. The number of Topliss-reactive ketones (excluding diaryl/α,β-unsaturated/α-hetero) is 1. The molecular weight excluding hydrogens is 292 g/mol. The number of piperidine rings is 1. The molecule has 2 atom stereocenters. The second-order valence-electron chi connectivity index (χ2n) is 6.46. The van der Waals surface area contributed by atoms with Crippen LogP contribution in [-0.4, -0.2) is 35.6 Å². The number of carbonyl (C=O) groups is 3. The Bertz CT molecular complexity index is 635. The normalized spacial score (nSPS) is 23.3. The summed E-state index contributed by atoms with van der Waals surface area (Å²) in [6.45, 7) is 3.14. The van der Waals surface area contributed by atoms with E-state index >= 15 is 0 Å². The Kier molecular flexibility index (Phi) is 4.46. The number of likely N-dealkylation sites (tertiary alicyclic amines) is 1. The molecule has 1 aromatic rings. The molecule has 2 fully saturated rings. The number of anilines is 1. The van der Waals surface area contributed by atoms with Gasteiger partial charge in [-0.05, 0) is 44.7 Å². The predicted molar refractivity (Wildman–Crippen MR) is 87.1 cm³/mol. The van der Waals surface area contributed by atoms with Crippen molar-refractivity contribution in [3.63, 3.8) is 0 Å². The Hall–Kier alpha value is -2.17. The molecule has 0 bridgehead atoms. The summed E-state index contributed by atoms with van der Waals surface area (Å²) in [5, 5.41) is 2.83. The molecule has 1 heterocycles. The van der Waals surface area contributed by atoms with E-state index in [1.54, 1.807) is 24.3 Å². The van der Waals surface area contributed by atoms with Gasteiger partial charge < -0.3 is 10.2 Å². The molecule has 1 aliphatic carbocycles. The molecule has 2 amide bonds. The Morgan fingerprint density at radius 2 is 1.83 bits per heavy atom. The third-order valence-electron chi connectivity index (χ3n) is 4.65. The molecule has 1 saturated carbocycles. The largest absolute Gasteiger partial charge is 0.342 e. The van der Waals surface area contributed by atoms with Crippen molar-refractivity contribution in [3.8, 4) is 0 Å². The number of rotatable bonds is 4. The fraction of sp³-hybridized carbons (Fsp3) is 0.500. The summed E-state index contributed by atoms with van der Waals surface area (Å²) in [6, 6.07) is 6.89. The van der Waals surface area contributed by atoms with Gasteiger partial charge in [0.25, 0.3) is 0 Å². The van der Waals surface area contributed by atoms with E-state index in [1.165, 1.54) is 13.3 Å². The summed E-state index contributed by atoms with van der Waals surface area (Å²) in [6.07, 6.45) is 3.94. The van der Waals surface area contributed by atoms with Gasteiger partial charge in [-0.3, -0.25) is 14.4 Å². The van der Waals surface area contributed by atoms with Gasteiger partial charge in [-0.15, -0.1) is 0 Å². The molecule has 1 saturated heterocycles. The topological polar surface area (TPSA) is 66.5 Å². The van der Waals surface area contributed by atoms with E-state index in [9.17, 15) is 14.4 Å². The average molecular weight is 314 g/mol. The summed E-state index contributed by atoms with van der Waals surface area (Å²) >= 11 is 0. The lowest BCUT2D eigenvalue weighted by atomic mass is 10.1. The quantitative estimate of drug-likeness (QED) is 0.868. The van der Waals surface area contributed by atoms with Crippen LogP contribution < -0.4 is 5.32 Å². The lowest BCUT2D eigenvalue weighted by Gasteiger charge is -2.26. The van der Waals surface area contributed by atoms with Crippen LogP contribution in [0.25, 0.3) is 0 Å². The molecule has 5 nitrogen and oxygen atoms in total. The van der Waals surface area contributed by atoms with Crippen molar-refractivity contribution in [2.75, 3.05) is 18.4 Å². The van der Waals surface area contributed by atoms with Gasteiger partial charge >= 0.3 is 0 Å². The van der Waals surface area contributed by atoms with Crippen LogP contribution in [0.1, 0.15) is 43.0 Å². The summed E-state index contributed by atoms with van der Waals surface area (Å²) < 4.78 is 0. The van der Waals surface area contributed by atoms with Gasteiger partial charge in [0.05, 0.1) is 11.8 Å². The number of carbonyl (C=O) groups excluding carboxylic acids is 3. The molecule has 3 rings (SSSR count). The number of nitrogens with one attached hydrogen (secondary N) is 1. The maximum atomic E-state index is 12.4. The molecule has 0 spiro atoms. The molecule has 0 aromatic heterocycles. The summed E-state index contributed by atoms with van der Waals surface area (Å²) in [5.41, 5.74) is 1.18. The van der Waals surface area contributed by atoms with Crippen LogP contribution in [0.4, 0.5) is 5.69 Å². The van der Waals surface area contributed by atoms with Gasteiger partial charge in [-0.25, -0.2) is 0 Å². The number of ketones is 1. The number of hydrogen-bond donors (Lipinski definition) is 1. The highest BCUT2D eigenvalue weighted by molar-refractivity contribution is 6.01. The van der Waals surface area contributed by atoms with E-state index in [0.29, 0.717) is 17.7 Å². The van der Waals surface area contributed by atoms with Crippen molar-refractivity contribution < 1.29 is 14.4 Å². The Balaban J connectivity index is 1.57. The first-order chi connectivity index (χ1) is 11.1. The van der Waals surface area contributed by atoms with Gasteiger partial charge in [0, 0.05) is 24.3 Å². The number of amides is 2. The van der Waals surface area contributed by atoms with E-state index in [1.807, 2.05) is 4.90 Å². The van der Waals surface area contributed by atoms with Crippen LogP contribution in [0, 0.1) is 11.8 Å². The Morgan fingerprint density at radius 3 is 2.52 bits per heavy atom. The van der Waals surface area contributed by atoms with E-state index in [0.717, 1.165) is 25.9 Å². The summed E-state index contributed by atoms with van der Waals surface area (Å²) in [5.74, 6) is -0.427. The highest BCUT2D eigenvalue weighted by atomic mass is 16.2. The van der Waals surface area contributed by atoms with E-state index < -0.39 is 0 Å². The van der Waals surface area contributed by atoms with Crippen LogP contribution in [0.2, 0.25) is 0 Å². The minimum Gasteiger partial charge on any atom is -0.342 e. The van der Waals surface area contributed by atoms with Gasteiger partial charge in [-0.1, -0.05) is 12.1 Å². The Morgan fingerprint density at radius 1 is 1.09 bits per heavy atom. The third-order valence-corrected chi connectivity index (χ3v) is 4.65. The van der Waals surface area contributed by atoms with Crippen molar-refractivity contribution >= 4 is 23.3 Å². The summed E-state index contributed by atoms with van der Waals surface area (Å²) in [4.78, 5) is 37.9. The van der Waals surface area contributed by atoms with Gasteiger partial charge in [0.1, 0.15) is 0 Å². The average Bonchev–Trinajstić information content (AvgIpc) is 3.36. The Labute approximate surface area is 136 Å². The smallest absolute Gasteiger partial charge is 0.228 e. The van der Waals surface area contributed by atoms with E-state index in [-0.39, 0.29) is 29.4 Å². The SMILES string of the molecule is CC(=O)c1cccc(NC(=O)C2CC2C(=O)N2CCCCC2)c1. The lowest BCUT2D eigenvalue weighted by molar-refractivity contribution is -0.134. The van der Waals surface area contributed by atoms with Gasteiger partial charge in [0.2, 0.25) is 11.8 Å². The molecule has 1 N–H and O–H groups in total. The van der Waals surface area contributed by atoms with Crippen LogP contribution in [0.5, 0.6) is 0 Å². The van der Waals surface area contributed by atoms with E-state index in [4.69, 9.17) is 0 Å². The summed E-state index contributed by atoms with van der Waals surface area (Å²) in [7, 11) is 0. The van der Waals surface area contributed by atoms with Crippen molar-refractivity contribution in [1.82, 2.24) is 4.90 Å². The lowest BCUT2D eigenvalue weighted by Crippen LogP contribution is -2.37. The molecule has 0 radical (unpaired) electrons. The minimum absolute atomic E-state index is 0.0364. The second kappa shape index (κ2) is 6.52. The molecule has 122 valence electrons. The fourth-order valence-electron chi connectivity index (χ4n) is 3.16. The van der Waals surface area contributed by atoms with Crippen molar-refractivity contribution in [2.45, 2.75) is 32.6 Å². The van der Waals surface area contributed by atoms with Crippen LogP contribution >= 0.6 is 0 Å². The number of nitrogens with zero attached hydrogens (tertiary/aromatic N) is 1. The zero-order valence-electron chi connectivity index (χ0n) is 13.4. The number of hydrogen-bond acceptors (Lipinski definition) is 3. The minimum atomic E-state index is -0.231. The fourth-order valence-corrected chi connectivity index (χ4v) is 3.16. The zero-order valence-corrected chi connectivity index (χ0v) is 13.4. The maximum absolute atomic E-state index is 12.4. The van der Waals surface area contributed by atoms with Crippen LogP contribution in [0.3, 0.4) is 0 Å². The van der Waals surface area contributed by atoms with Crippen LogP contribution in [0.15, 0.2) is 24.3 Å².